The largest absolute Gasteiger partial charge is 0.548 e. The highest BCUT2D eigenvalue weighted by Gasteiger charge is 2.26. The predicted molar refractivity (Wildman–Crippen MR) is 103 cm³/mol. The van der Waals surface area contributed by atoms with Crippen LogP contribution in [0.4, 0.5) is 0 Å². The summed E-state index contributed by atoms with van der Waals surface area (Å²) in [5, 5.41) is 11.7. The SMILES string of the molecule is C[C@@H]1CCc2sc3c(c2C1)c(=O)n(CC(=O)[O-])c(=O)n3CC[NH+]1CCOCC1. The number of nitrogens with zero attached hydrogens (tertiary/aromatic N) is 2. The summed E-state index contributed by atoms with van der Waals surface area (Å²) in [6, 6.07) is 0. The lowest BCUT2D eigenvalue weighted by Crippen LogP contribution is -3.14. The highest BCUT2D eigenvalue weighted by atomic mass is 32.1. The van der Waals surface area contributed by atoms with Crippen molar-refractivity contribution in [3.05, 3.63) is 31.3 Å². The van der Waals surface area contributed by atoms with Crippen LogP contribution in [0, 0.1) is 5.92 Å². The van der Waals surface area contributed by atoms with Crippen LogP contribution in [-0.2, 0) is 35.5 Å². The lowest BCUT2D eigenvalue weighted by atomic mass is 9.89. The molecule has 3 heterocycles. The van der Waals surface area contributed by atoms with Gasteiger partial charge in [-0.25, -0.2) is 4.79 Å². The van der Waals surface area contributed by atoms with E-state index in [0.717, 1.165) is 53.9 Å². The summed E-state index contributed by atoms with van der Waals surface area (Å²) < 4.78 is 7.82. The number of carbonyl (C=O) groups excluding carboxylic acids is 1. The summed E-state index contributed by atoms with van der Waals surface area (Å²) in [6.45, 7) is 5.81. The topological polar surface area (TPSA) is 97.8 Å². The summed E-state index contributed by atoms with van der Waals surface area (Å²) >= 11 is 1.52. The maximum Gasteiger partial charge on any atom is 0.332 e. The smallest absolute Gasteiger partial charge is 0.332 e. The molecule has 1 aliphatic carbocycles. The number of aromatic nitrogens is 2. The van der Waals surface area contributed by atoms with Crippen molar-refractivity contribution in [2.75, 3.05) is 32.8 Å². The van der Waals surface area contributed by atoms with Gasteiger partial charge in [0.1, 0.15) is 17.9 Å². The molecule has 0 bridgehead atoms. The first kappa shape index (κ1) is 19.4. The van der Waals surface area contributed by atoms with Crippen LogP contribution in [0.15, 0.2) is 9.59 Å². The maximum atomic E-state index is 13.0. The number of carboxylic acids is 1. The van der Waals surface area contributed by atoms with E-state index in [-0.39, 0.29) is 0 Å². The average molecular weight is 407 g/mol. The zero-order valence-electron chi connectivity index (χ0n) is 16.0. The van der Waals surface area contributed by atoms with E-state index >= 15 is 0 Å². The van der Waals surface area contributed by atoms with Gasteiger partial charge in [-0.05, 0) is 30.7 Å². The fraction of sp³-hybridized carbons (Fsp3) is 0.632. The second-order valence-corrected chi connectivity index (χ2v) is 8.93. The summed E-state index contributed by atoms with van der Waals surface area (Å²) in [5.41, 5.74) is -0.0462. The minimum Gasteiger partial charge on any atom is -0.548 e. The van der Waals surface area contributed by atoms with Gasteiger partial charge in [0.25, 0.3) is 5.56 Å². The molecule has 0 aromatic carbocycles. The molecular weight excluding hydrogens is 382 g/mol. The number of fused-ring (bicyclic) bond motifs is 3. The first-order valence-corrected chi connectivity index (χ1v) is 10.7. The van der Waals surface area contributed by atoms with Crippen LogP contribution in [-0.4, -0.2) is 48.0 Å². The average Bonchev–Trinajstić information content (AvgIpc) is 3.04. The molecule has 1 atom stereocenters. The fourth-order valence-corrected chi connectivity index (χ4v) is 5.61. The normalized spacial score (nSPS) is 20.4. The first-order chi connectivity index (χ1) is 13.5. The Labute approximate surface area is 165 Å². The summed E-state index contributed by atoms with van der Waals surface area (Å²) in [4.78, 5) is 40.4. The maximum absolute atomic E-state index is 13.0. The molecule has 9 heteroatoms. The van der Waals surface area contributed by atoms with Crippen molar-refractivity contribution < 1.29 is 19.5 Å². The zero-order chi connectivity index (χ0) is 19.8. The van der Waals surface area contributed by atoms with Crippen LogP contribution >= 0.6 is 11.3 Å². The van der Waals surface area contributed by atoms with E-state index < -0.39 is 23.8 Å². The van der Waals surface area contributed by atoms with E-state index in [1.807, 2.05) is 0 Å². The number of carboxylic acid groups (broad SMARTS) is 1. The molecular formula is C19H25N3O5S. The molecule has 4 rings (SSSR count). The molecule has 0 saturated carbocycles. The molecule has 1 N–H and O–H groups in total. The van der Waals surface area contributed by atoms with E-state index in [0.29, 0.717) is 35.9 Å². The molecule has 1 aliphatic heterocycles. The van der Waals surface area contributed by atoms with Crippen molar-refractivity contribution in [1.29, 1.82) is 0 Å². The second kappa shape index (κ2) is 7.81. The predicted octanol–water partition coefficient (Wildman–Crippen LogP) is -1.99. The third-order valence-electron chi connectivity index (χ3n) is 5.83. The van der Waals surface area contributed by atoms with Gasteiger partial charge >= 0.3 is 5.69 Å². The van der Waals surface area contributed by atoms with E-state index in [1.54, 1.807) is 4.57 Å². The molecule has 0 unspecified atom stereocenters. The summed E-state index contributed by atoms with van der Waals surface area (Å²) in [7, 11) is 0. The number of quaternary nitrogens is 1. The molecule has 2 aromatic heterocycles. The van der Waals surface area contributed by atoms with Gasteiger partial charge in [0.05, 0.1) is 44.2 Å². The molecule has 2 aromatic rings. The highest BCUT2D eigenvalue weighted by molar-refractivity contribution is 7.18. The lowest BCUT2D eigenvalue weighted by Gasteiger charge is -2.24. The molecule has 2 aliphatic rings. The number of ether oxygens (including phenoxy) is 1. The van der Waals surface area contributed by atoms with Crippen molar-refractivity contribution in [3.63, 3.8) is 0 Å². The number of rotatable bonds is 5. The Morgan fingerprint density at radius 2 is 2.04 bits per heavy atom. The Balaban J connectivity index is 1.83. The van der Waals surface area contributed by atoms with E-state index in [4.69, 9.17) is 4.74 Å². The molecule has 152 valence electrons. The standard InChI is InChI=1S/C19H25N3O5S/c1-12-2-3-14-13(10-12)16-17(25)22(11-15(23)24)19(26)21(18(16)28-14)5-4-20-6-8-27-9-7-20/h12H,2-11H2,1H3,(H,23,24)/t12-/m1/s1. The number of morpholine rings is 1. The van der Waals surface area contributed by atoms with Gasteiger partial charge in [0, 0.05) is 4.88 Å². The first-order valence-electron chi connectivity index (χ1n) is 9.84. The van der Waals surface area contributed by atoms with Gasteiger partial charge in [-0.15, -0.1) is 11.3 Å². The van der Waals surface area contributed by atoms with E-state index in [2.05, 4.69) is 6.92 Å². The third kappa shape index (κ3) is 3.54. The Hall–Kier alpha value is -1.97. The summed E-state index contributed by atoms with van der Waals surface area (Å²) in [6.07, 6.45) is 2.76. The van der Waals surface area contributed by atoms with E-state index in [9.17, 15) is 19.5 Å². The molecule has 8 nitrogen and oxygen atoms in total. The third-order valence-corrected chi connectivity index (χ3v) is 7.15. The van der Waals surface area contributed by atoms with Gasteiger partial charge in [-0.1, -0.05) is 6.92 Å². The minimum absolute atomic E-state index is 0.451. The Morgan fingerprint density at radius 1 is 1.29 bits per heavy atom. The number of hydrogen-bond acceptors (Lipinski definition) is 6. The molecule has 1 fully saturated rings. The van der Waals surface area contributed by atoms with Crippen LogP contribution < -0.4 is 21.3 Å². The van der Waals surface area contributed by atoms with Crippen molar-refractivity contribution in [3.8, 4) is 0 Å². The number of carbonyl (C=O) groups is 1. The van der Waals surface area contributed by atoms with Crippen molar-refractivity contribution in [1.82, 2.24) is 9.13 Å². The Kier molecular flexibility index (Phi) is 5.39. The van der Waals surface area contributed by atoms with Gasteiger partial charge in [0.15, 0.2) is 0 Å². The number of aliphatic carboxylic acids is 1. The van der Waals surface area contributed by atoms with Crippen LogP contribution in [0.1, 0.15) is 23.8 Å². The van der Waals surface area contributed by atoms with Crippen LogP contribution in [0.2, 0.25) is 0 Å². The summed E-state index contributed by atoms with van der Waals surface area (Å²) in [5.74, 6) is -0.959. The number of hydrogen-bond donors (Lipinski definition) is 1. The monoisotopic (exact) mass is 407 g/mol. The quantitative estimate of drug-likeness (QED) is 0.619. The minimum atomic E-state index is -1.43. The lowest BCUT2D eigenvalue weighted by molar-refractivity contribution is -0.908. The van der Waals surface area contributed by atoms with Crippen LogP contribution in [0.5, 0.6) is 0 Å². The molecule has 0 amide bonds. The number of aryl methyl sites for hydroxylation is 1. The Morgan fingerprint density at radius 3 is 2.75 bits per heavy atom. The van der Waals surface area contributed by atoms with Gasteiger partial charge in [0.2, 0.25) is 0 Å². The Bertz CT molecular complexity index is 1020. The second-order valence-electron chi connectivity index (χ2n) is 7.84. The van der Waals surface area contributed by atoms with Crippen molar-refractivity contribution >= 4 is 27.5 Å². The molecule has 28 heavy (non-hydrogen) atoms. The van der Waals surface area contributed by atoms with Gasteiger partial charge < -0.3 is 19.5 Å². The van der Waals surface area contributed by atoms with E-state index in [1.165, 1.54) is 16.2 Å². The van der Waals surface area contributed by atoms with Crippen LogP contribution in [0.25, 0.3) is 10.2 Å². The molecule has 0 spiro atoms. The zero-order valence-corrected chi connectivity index (χ0v) is 16.8. The molecule has 0 radical (unpaired) electrons. The van der Waals surface area contributed by atoms with Gasteiger partial charge in [-0.3, -0.25) is 13.9 Å². The number of nitrogens with one attached hydrogen (secondary N) is 1. The van der Waals surface area contributed by atoms with Crippen molar-refractivity contribution in [2.45, 2.75) is 39.3 Å². The van der Waals surface area contributed by atoms with Gasteiger partial charge in [-0.2, -0.15) is 0 Å². The van der Waals surface area contributed by atoms with Crippen molar-refractivity contribution in [2.24, 2.45) is 5.92 Å². The van der Waals surface area contributed by atoms with Crippen LogP contribution in [0.3, 0.4) is 0 Å². The fourth-order valence-electron chi connectivity index (χ4n) is 4.25. The number of thiophene rings is 1. The highest BCUT2D eigenvalue weighted by Crippen LogP contribution is 2.36. The molecule has 1 saturated heterocycles.